The second-order valence-corrected chi connectivity index (χ2v) is 5.75. The molecule has 1 aliphatic heterocycles. The van der Waals surface area contributed by atoms with Crippen molar-refractivity contribution in [3.63, 3.8) is 0 Å². The first-order valence-electron chi connectivity index (χ1n) is 7.13. The molecule has 0 unspecified atom stereocenters. The molecular weight excluding hydrogens is 308 g/mol. The van der Waals surface area contributed by atoms with Crippen LogP contribution < -0.4 is 5.32 Å². The number of carbonyl (C=O) groups excluding carboxylic acids is 2. The van der Waals surface area contributed by atoms with Crippen molar-refractivity contribution in [1.82, 2.24) is 4.98 Å². The van der Waals surface area contributed by atoms with Crippen molar-refractivity contribution in [1.29, 1.82) is 0 Å². The Kier molecular flexibility index (Phi) is 4.02. The van der Waals surface area contributed by atoms with Gasteiger partial charge in [0.05, 0.1) is 5.02 Å². The molecule has 22 heavy (non-hydrogen) atoms. The van der Waals surface area contributed by atoms with E-state index in [0.29, 0.717) is 23.7 Å². The number of nitrogens with zero attached hydrogens (tertiary/aromatic N) is 1. The fourth-order valence-corrected chi connectivity index (χ4v) is 2.68. The van der Waals surface area contributed by atoms with Crippen molar-refractivity contribution in [3.05, 3.63) is 35.1 Å². The first kappa shape index (κ1) is 14.8. The Hall–Kier alpha value is -2.08. The van der Waals surface area contributed by atoms with E-state index in [-0.39, 0.29) is 5.57 Å². The van der Waals surface area contributed by atoms with E-state index in [2.05, 4.69) is 10.3 Å². The third kappa shape index (κ3) is 3.06. The molecule has 0 atom stereocenters. The molecule has 1 aliphatic carbocycles. The molecule has 3 rings (SSSR count). The molecule has 6 nitrogen and oxygen atoms in total. The van der Waals surface area contributed by atoms with Crippen molar-refractivity contribution in [2.75, 3.05) is 5.32 Å². The van der Waals surface area contributed by atoms with Crippen LogP contribution in [0.3, 0.4) is 0 Å². The summed E-state index contributed by atoms with van der Waals surface area (Å²) in [5.74, 6) is -1.95. The number of rotatable bonds is 2. The second-order valence-electron chi connectivity index (χ2n) is 5.31. The summed E-state index contributed by atoms with van der Waals surface area (Å²) in [6.07, 6.45) is 6.64. The molecule has 0 amide bonds. The van der Waals surface area contributed by atoms with Crippen molar-refractivity contribution in [2.45, 2.75) is 37.9 Å². The molecule has 2 aliphatic rings. The van der Waals surface area contributed by atoms with Gasteiger partial charge in [-0.25, -0.2) is 14.6 Å². The van der Waals surface area contributed by atoms with E-state index in [1.54, 1.807) is 12.1 Å². The molecule has 0 bridgehead atoms. The SMILES string of the molecule is O=C1OC2(CCCCC2)OC(=O)C1=CNc1ccc(Cl)cn1. The lowest BCUT2D eigenvalue weighted by atomic mass is 9.93. The summed E-state index contributed by atoms with van der Waals surface area (Å²) in [4.78, 5) is 28.2. The minimum atomic E-state index is -1.07. The van der Waals surface area contributed by atoms with Crippen LogP contribution in [-0.4, -0.2) is 22.7 Å². The number of hydrogen-bond donors (Lipinski definition) is 1. The highest BCUT2D eigenvalue weighted by Gasteiger charge is 2.46. The highest BCUT2D eigenvalue weighted by molar-refractivity contribution is 6.30. The van der Waals surface area contributed by atoms with Crippen LogP contribution in [0, 0.1) is 0 Å². The van der Waals surface area contributed by atoms with E-state index >= 15 is 0 Å². The van der Waals surface area contributed by atoms with Crippen molar-refractivity contribution in [3.8, 4) is 0 Å². The zero-order chi connectivity index (χ0) is 15.6. The van der Waals surface area contributed by atoms with E-state index in [9.17, 15) is 9.59 Å². The minimum Gasteiger partial charge on any atom is -0.419 e. The van der Waals surface area contributed by atoms with Crippen molar-refractivity contribution >= 4 is 29.4 Å². The fourth-order valence-electron chi connectivity index (χ4n) is 2.57. The van der Waals surface area contributed by atoms with Crippen LogP contribution >= 0.6 is 11.6 Å². The van der Waals surface area contributed by atoms with Crippen molar-refractivity contribution in [2.24, 2.45) is 0 Å². The maximum absolute atomic E-state index is 12.1. The average molecular weight is 323 g/mol. The number of anilines is 1. The largest absolute Gasteiger partial charge is 0.419 e. The van der Waals surface area contributed by atoms with Gasteiger partial charge in [0.1, 0.15) is 5.82 Å². The first-order valence-corrected chi connectivity index (χ1v) is 7.51. The summed E-state index contributed by atoms with van der Waals surface area (Å²) in [5, 5.41) is 3.25. The molecule has 1 saturated carbocycles. The van der Waals surface area contributed by atoms with Gasteiger partial charge >= 0.3 is 11.9 Å². The Morgan fingerprint density at radius 2 is 1.82 bits per heavy atom. The smallest absolute Gasteiger partial charge is 0.350 e. The maximum atomic E-state index is 12.1. The zero-order valence-corrected chi connectivity index (χ0v) is 12.6. The molecule has 2 fully saturated rings. The number of hydrogen-bond acceptors (Lipinski definition) is 6. The highest BCUT2D eigenvalue weighted by atomic mass is 35.5. The van der Waals surface area contributed by atoms with Crippen LogP contribution in [0.4, 0.5) is 5.82 Å². The summed E-state index contributed by atoms with van der Waals surface area (Å²) in [5.41, 5.74) is -0.173. The summed E-state index contributed by atoms with van der Waals surface area (Å²) in [6, 6.07) is 3.27. The molecule has 2 heterocycles. The molecule has 1 spiro atoms. The van der Waals surface area contributed by atoms with E-state index in [0.717, 1.165) is 19.3 Å². The molecular formula is C15H15ClN2O4. The van der Waals surface area contributed by atoms with Gasteiger partial charge in [0.2, 0.25) is 0 Å². The standard InChI is InChI=1S/C15H15ClN2O4/c16-10-4-5-12(17-8-10)18-9-11-13(19)21-15(22-14(11)20)6-2-1-3-7-15/h4-5,8-9H,1-3,6-7H2,(H,17,18). The zero-order valence-electron chi connectivity index (χ0n) is 11.8. The lowest BCUT2D eigenvalue weighted by Gasteiger charge is -2.38. The number of pyridine rings is 1. The molecule has 116 valence electrons. The number of halogens is 1. The summed E-state index contributed by atoms with van der Waals surface area (Å²) in [6.45, 7) is 0. The maximum Gasteiger partial charge on any atom is 0.350 e. The van der Waals surface area contributed by atoms with Crippen LogP contribution in [0.25, 0.3) is 0 Å². The van der Waals surface area contributed by atoms with Gasteiger partial charge in [-0.3, -0.25) is 0 Å². The quantitative estimate of drug-likeness (QED) is 0.512. The normalized spacial score (nSPS) is 20.3. The topological polar surface area (TPSA) is 77.5 Å². The number of nitrogens with one attached hydrogen (secondary N) is 1. The van der Waals surface area contributed by atoms with Gasteiger partial charge in [-0.05, 0) is 25.0 Å². The summed E-state index contributed by atoms with van der Waals surface area (Å²) >= 11 is 5.74. The van der Waals surface area contributed by atoms with Crippen LogP contribution in [0.2, 0.25) is 5.02 Å². The second kappa shape index (κ2) is 5.96. The minimum absolute atomic E-state index is 0.173. The Morgan fingerprint density at radius 3 is 2.41 bits per heavy atom. The summed E-state index contributed by atoms with van der Waals surface area (Å²) < 4.78 is 10.7. The van der Waals surface area contributed by atoms with Crippen molar-refractivity contribution < 1.29 is 19.1 Å². The molecule has 1 N–H and O–H groups in total. The monoisotopic (exact) mass is 322 g/mol. The fraction of sp³-hybridized carbons (Fsp3) is 0.400. The van der Waals surface area contributed by atoms with E-state index in [1.807, 2.05) is 0 Å². The van der Waals surface area contributed by atoms with Gasteiger partial charge in [-0.2, -0.15) is 0 Å². The molecule has 1 aromatic rings. The predicted octanol–water partition coefficient (Wildman–Crippen LogP) is 2.79. The first-order chi connectivity index (χ1) is 10.6. The van der Waals surface area contributed by atoms with Crippen LogP contribution in [0.5, 0.6) is 0 Å². The van der Waals surface area contributed by atoms with Crippen LogP contribution in [0.1, 0.15) is 32.1 Å². The number of ether oxygens (including phenoxy) is 2. The molecule has 1 saturated heterocycles. The Labute approximate surface area is 132 Å². The Bertz CT molecular complexity index is 599. The number of aromatic nitrogens is 1. The average Bonchev–Trinajstić information content (AvgIpc) is 2.49. The van der Waals surface area contributed by atoms with E-state index < -0.39 is 17.7 Å². The van der Waals surface area contributed by atoms with Crippen LogP contribution in [-0.2, 0) is 19.1 Å². The number of esters is 2. The molecule has 0 radical (unpaired) electrons. The summed E-state index contributed by atoms with van der Waals surface area (Å²) in [7, 11) is 0. The molecule has 0 aromatic carbocycles. The lowest BCUT2D eigenvalue weighted by Crippen LogP contribution is -2.47. The molecule has 7 heteroatoms. The van der Waals surface area contributed by atoms with E-state index in [1.165, 1.54) is 12.4 Å². The van der Waals surface area contributed by atoms with Crippen LogP contribution in [0.15, 0.2) is 30.1 Å². The molecule has 1 aromatic heterocycles. The predicted molar refractivity (Wildman–Crippen MR) is 79.0 cm³/mol. The lowest BCUT2D eigenvalue weighted by molar-refractivity contribution is -0.244. The van der Waals surface area contributed by atoms with Gasteiger partial charge in [-0.15, -0.1) is 0 Å². The van der Waals surface area contributed by atoms with Gasteiger partial charge in [0.25, 0.3) is 5.79 Å². The van der Waals surface area contributed by atoms with Gasteiger partial charge in [-0.1, -0.05) is 18.0 Å². The van der Waals surface area contributed by atoms with Gasteiger partial charge in [0.15, 0.2) is 5.57 Å². The third-order valence-electron chi connectivity index (χ3n) is 3.70. The Morgan fingerprint density at radius 1 is 1.14 bits per heavy atom. The third-order valence-corrected chi connectivity index (χ3v) is 3.93. The van der Waals surface area contributed by atoms with E-state index in [4.69, 9.17) is 21.1 Å². The Balaban J connectivity index is 1.72. The van der Waals surface area contributed by atoms with Gasteiger partial charge in [0, 0.05) is 25.2 Å². The van der Waals surface area contributed by atoms with Gasteiger partial charge < -0.3 is 14.8 Å². The number of carbonyl (C=O) groups is 2. The highest BCUT2D eigenvalue weighted by Crippen LogP contribution is 2.36.